The van der Waals surface area contributed by atoms with E-state index >= 15 is 0 Å². The third-order valence-electron chi connectivity index (χ3n) is 4.20. The van der Waals surface area contributed by atoms with Crippen LogP contribution in [0.25, 0.3) is 0 Å². The van der Waals surface area contributed by atoms with Gasteiger partial charge in [0.25, 0.3) is 0 Å². The maximum atomic E-state index is 13.0. The second-order valence-electron chi connectivity index (χ2n) is 5.53. The second kappa shape index (κ2) is 8.60. The minimum atomic E-state index is -0.157. The van der Waals surface area contributed by atoms with Crippen LogP contribution in [0.4, 0.5) is 4.39 Å². The van der Waals surface area contributed by atoms with Gasteiger partial charge in [0.05, 0.1) is 0 Å². The van der Waals surface area contributed by atoms with Crippen molar-refractivity contribution >= 4 is 12.4 Å². The van der Waals surface area contributed by atoms with Gasteiger partial charge in [-0.3, -0.25) is 4.90 Å². The third kappa shape index (κ3) is 4.72. The molecular formula is C16H26ClFN2. The molecule has 20 heavy (non-hydrogen) atoms. The van der Waals surface area contributed by atoms with E-state index in [1.165, 1.54) is 18.4 Å². The van der Waals surface area contributed by atoms with E-state index in [1.807, 2.05) is 12.1 Å². The van der Waals surface area contributed by atoms with Crippen molar-refractivity contribution in [2.45, 2.75) is 32.7 Å². The summed E-state index contributed by atoms with van der Waals surface area (Å²) in [5.41, 5.74) is 1.20. The van der Waals surface area contributed by atoms with E-state index in [0.717, 1.165) is 32.1 Å². The number of hydrogen-bond acceptors (Lipinski definition) is 2. The first-order valence-corrected chi connectivity index (χ1v) is 7.41. The molecule has 1 heterocycles. The fourth-order valence-corrected chi connectivity index (χ4v) is 2.92. The molecule has 4 heteroatoms. The summed E-state index contributed by atoms with van der Waals surface area (Å²) in [6, 6.07) is 7.28. The lowest BCUT2D eigenvalue weighted by molar-refractivity contribution is 0.171. The van der Waals surface area contributed by atoms with Crippen LogP contribution in [0.5, 0.6) is 0 Å². The minimum absolute atomic E-state index is 0. The zero-order valence-corrected chi connectivity index (χ0v) is 13.3. The van der Waals surface area contributed by atoms with Crippen LogP contribution in [0, 0.1) is 11.7 Å². The molecule has 1 aromatic rings. The lowest BCUT2D eigenvalue weighted by atomic mass is 9.97. The number of nitrogens with one attached hydrogen (secondary N) is 1. The van der Waals surface area contributed by atoms with E-state index in [9.17, 15) is 4.39 Å². The molecule has 1 aromatic carbocycles. The van der Waals surface area contributed by atoms with Gasteiger partial charge >= 0.3 is 0 Å². The molecule has 0 bridgehead atoms. The zero-order chi connectivity index (χ0) is 13.7. The fraction of sp³-hybridized carbons (Fsp3) is 0.625. The molecule has 0 amide bonds. The summed E-state index contributed by atoms with van der Waals surface area (Å²) in [6.07, 6.45) is 2.60. The Morgan fingerprint density at radius 3 is 2.60 bits per heavy atom. The van der Waals surface area contributed by atoms with Gasteiger partial charge in [0.2, 0.25) is 0 Å². The predicted octanol–water partition coefficient (Wildman–Crippen LogP) is 3.63. The predicted molar refractivity (Wildman–Crippen MR) is 84.9 cm³/mol. The molecule has 2 nitrogen and oxygen atoms in total. The molecular weight excluding hydrogens is 275 g/mol. The molecule has 2 rings (SSSR count). The van der Waals surface area contributed by atoms with Gasteiger partial charge in [-0.05, 0) is 63.0 Å². The summed E-state index contributed by atoms with van der Waals surface area (Å²) in [7, 11) is 0. The van der Waals surface area contributed by atoms with Crippen molar-refractivity contribution in [1.29, 1.82) is 0 Å². The van der Waals surface area contributed by atoms with Gasteiger partial charge in [-0.1, -0.05) is 19.1 Å². The highest BCUT2D eigenvalue weighted by Crippen LogP contribution is 2.23. The maximum Gasteiger partial charge on any atom is 0.123 e. The average Bonchev–Trinajstić information content (AvgIpc) is 2.46. The second-order valence-corrected chi connectivity index (χ2v) is 5.53. The van der Waals surface area contributed by atoms with E-state index in [-0.39, 0.29) is 18.2 Å². The summed E-state index contributed by atoms with van der Waals surface area (Å²) in [4.78, 5) is 2.49. The standard InChI is InChI=1S/C16H25FN2.ClH/c1-3-19(12-14-5-4-10-18-11-14)13(2)15-6-8-16(17)9-7-15;/h6-9,13-14,18H,3-5,10-12H2,1-2H3;1H. The van der Waals surface area contributed by atoms with Crippen molar-refractivity contribution in [3.63, 3.8) is 0 Å². The van der Waals surface area contributed by atoms with Crippen molar-refractivity contribution in [3.8, 4) is 0 Å². The normalized spacial score (nSPS) is 20.5. The number of benzene rings is 1. The van der Waals surface area contributed by atoms with Crippen LogP contribution < -0.4 is 5.32 Å². The molecule has 2 atom stereocenters. The molecule has 0 aromatic heterocycles. The lowest BCUT2D eigenvalue weighted by Crippen LogP contribution is -2.39. The molecule has 1 N–H and O–H groups in total. The molecule has 0 saturated carbocycles. The fourth-order valence-electron chi connectivity index (χ4n) is 2.92. The summed E-state index contributed by atoms with van der Waals surface area (Å²) in [6.45, 7) is 8.88. The summed E-state index contributed by atoms with van der Waals surface area (Å²) < 4.78 is 13.0. The Hall–Kier alpha value is -0.640. The molecule has 1 aliphatic rings. The largest absolute Gasteiger partial charge is 0.316 e. The van der Waals surface area contributed by atoms with E-state index in [0.29, 0.717) is 6.04 Å². The zero-order valence-electron chi connectivity index (χ0n) is 12.4. The first-order chi connectivity index (χ1) is 9.20. The van der Waals surface area contributed by atoms with Gasteiger partial charge < -0.3 is 5.32 Å². The quantitative estimate of drug-likeness (QED) is 0.893. The van der Waals surface area contributed by atoms with Gasteiger partial charge in [-0.25, -0.2) is 4.39 Å². The first kappa shape index (κ1) is 17.4. The highest BCUT2D eigenvalue weighted by molar-refractivity contribution is 5.85. The summed E-state index contributed by atoms with van der Waals surface area (Å²) in [5, 5.41) is 3.47. The maximum absolute atomic E-state index is 13.0. The Bertz CT molecular complexity index is 377. The molecule has 0 spiro atoms. The van der Waals surface area contributed by atoms with Crippen molar-refractivity contribution in [2.24, 2.45) is 5.92 Å². The first-order valence-electron chi connectivity index (χ1n) is 7.41. The Morgan fingerprint density at radius 2 is 2.05 bits per heavy atom. The Kier molecular flexibility index (Phi) is 7.49. The third-order valence-corrected chi connectivity index (χ3v) is 4.20. The number of piperidine rings is 1. The molecule has 0 aliphatic carbocycles. The summed E-state index contributed by atoms with van der Waals surface area (Å²) >= 11 is 0. The number of rotatable bonds is 5. The van der Waals surface area contributed by atoms with Gasteiger partial charge in [0.1, 0.15) is 5.82 Å². The highest BCUT2D eigenvalue weighted by atomic mass is 35.5. The van der Waals surface area contributed by atoms with E-state index < -0.39 is 0 Å². The summed E-state index contributed by atoms with van der Waals surface area (Å²) in [5.74, 6) is 0.590. The molecule has 114 valence electrons. The molecule has 0 radical (unpaired) electrons. The smallest absolute Gasteiger partial charge is 0.123 e. The average molecular weight is 301 g/mol. The van der Waals surface area contributed by atoms with Gasteiger partial charge in [0, 0.05) is 12.6 Å². The Balaban J connectivity index is 0.00000200. The van der Waals surface area contributed by atoms with Crippen molar-refractivity contribution < 1.29 is 4.39 Å². The number of nitrogens with zero attached hydrogens (tertiary/aromatic N) is 1. The van der Waals surface area contributed by atoms with Crippen LogP contribution in [-0.4, -0.2) is 31.1 Å². The van der Waals surface area contributed by atoms with Crippen molar-refractivity contribution in [3.05, 3.63) is 35.6 Å². The van der Waals surface area contributed by atoms with Crippen LogP contribution in [-0.2, 0) is 0 Å². The minimum Gasteiger partial charge on any atom is -0.316 e. The Morgan fingerprint density at radius 1 is 1.35 bits per heavy atom. The SMILES string of the molecule is CCN(CC1CCCNC1)C(C)c1ccc(F)cc1.Cl. The Labute approximate surface area is 128 Å². The van der Waals surface area contributed by atoms with Crippen molar-refractivity contribution in [2.75, 3.05) is 26.2 Å². The van der Waals surface area contributed by atoms with Gasteiger partial charge in [0.15, 0.2) is 0 Å². The lowest BCUT2D eigenvalue weighted by Gasteiger charge is -2.33. The monoisotopic (exact) mass is 300 g/mol. The molecule has 2 unspecified atom stereocenters. The molecule has 1 saturated heterocycles. The van der Waals surface area contributed by atoms with Gasteiger partial charge in [-0.2, -0.15) is 0 Å². The van der Waals surface area contributed by atoms with Crippen LogP contribution in [0.3, 0.4) is 0 Å². The highest BCUT2D eigenvalue weighted by Gasteiger charge is 2.20. The topological polar surface area (TPSA) is 15.3 Å². The van der Waals surface area contributed by atoms with E-state index in [2.05, 4.69) is 24.1 Å². The van der Waals surface area contributed by atoms with E-state index in [4.69, 9.17) is 0 Å². The number of hydrogen-bond donors (Lipinski definition) is 1. The van der Waals surface area contributed by atoms with E-state index in [1.54, 1.807) is 12.1 Å². The van der Waals surface area contributed by atoms with Crippen LogP contribution >= 0.6 is 12.4 Å². The van der Waals surface area contributed by atoms with Crippen LogP contribution in [0.15, 0.2) is 24.3 Å². The van der Waals surface area contributed by atoms with Gasteiger partial charge in [-0.15, -0.1) is 12.4 Å². The molecule has 1 aliphatic heterocycles. The van der Waals surface area contributed by atoms with Crippen molar-refractivity contribution in [1.82, 2.24) is 10.2 Å². The van der Waals surface area contributed by atoms with Crippen LogP contribution in [0.1, 0.15) is 38.3 Å². The molecule has 1 fully saturated rings. The van der Waals surface area contributed by atoms with Crippen LogP contribution in [0.2, 0.25) is 0 Å². The number of halogens is 2.